The summed E-state index contributed by atoms with van der Waals surface area (Å²) < 4.78 is 15.6. The van der Waals surface area contributed by atoms with Crippen molar-refractivity contribution in [3.05, 3.63) is 69.5 Å². The van der Waals surface area contributed by atoms with Crippen molar-refractivity contribution in [3.8, 4) is 0 Å². The molecule has 1 heteroatoms. The van der Waals surface area contributed by atoms with Crippen LogP contribution in [0.1, 0.15) is 161 Å². The zero-order valence-electron chi connectivity index (χ0n) is 26.0. The molecule has 2 aromatic rings. The number of rotatable bonds is 7. The maximum atomic E-state index is 15.6. The standard InChI is InChI=1S/C35H55F/c1-15-23(2)25-18-27(32(4,5)6)22-28(19-25)35(13,14)17-16-24(3)26-20-29(33(7,8)9)31(36)30(21-26)34(10,11)12/h18-24H,15-17H2,1-14H3. The predicted octanol–water partition coefficient (Wildman–Crippen LogP) is 11.1. The fourth-order valence-electron chi connectivity index (χ4n) is 4.91. The highest BCUT2D eigenvalue weighted by atomic mass is 19.1. The van der Waals surface area contributed by atoms with Gasteiger partial charge >= 0.3 is 0 Å². The van der Waals surface area contributed by atoms with Crippen LogP contribution in [0.2, 0.25) is 0 Å². The Hall–Kier alpha value is -1.63. The second-order valence-corrected chi connectivity index (χ2v) is 15.2. The molecule has 0 nitrogen and oxygen atoms in total. The predicted molar refractivity (Wildman–Crippen MR) is 158 cm³/mol. The second kappa shape index (κ2) is 10.6. The minimum absolute atomic E-state index is 0.0251. The Morgan fingerprint density at radius 1 is 0.611 bits per heavy atom. The molecule has 0 amide bonds. The summed E-state index contributed by atoms with van der Waals surface area (Å²) in [7, 11) is 0. The molecule has 2 rings (SSSR count). The van der Waals surface area contributed by atoms with E-state index in [1.165, 1.54) is 22.3 Å². The van der Waals surface area contributed by atoms with Gasteiger partial charge in [-0.3, -0.25) is 0 Å². The summed E-state index contributed by atoms with van der Waals surface area (Å²) in [6.45, 7) is 31.4. The monoisotopic (exact) mass is 494 g/mol. The highest BCUT2D eigenvalue weighted by molar-refractivity contribution is 5.41. The van der Waals surface area contributed by atoms with Crippen LogP contribution < -0.4 is 0 Å². The van der Waals surface area contributed by atoms with Crippen molar-refractivity contribution in [1.82, 2.24) is 0 Å². The number of benzene rings is 2. The van der Waals surface area contributed by atoms with Crippen molar-refractivity contribution >= 4 is 0 Å². The fraction of sp³-hybridized carbons (Fsp3) is 0.657. The zero-order valence-corrected chi connectivity index (χ0v) is 26.0. The van der Waals surface area contributed by atoms with Crippen LogP contribution in [0, 0.1) is 5.82 Å². The topological polar surface area (TPSA) is 0 Å². The molecule has 0 saturated carbocycles. The van der Waals surface area contributed by atoms with Crippen LogP contribution in [0.4, 0.5) is 4.39 Å². The lowest BCUT2D eigenvalue weighted by Crippen LogP contribution is -2.22. The SMILES string of the molecule is CCC(C)c1cc(C(C)(C)C)cc(C(C)(C)CCC(C)c2cc(C(C)(C)C)c(F)c(C(C)(C)C)c2)c1. The Balaban J connectivity index is 2.43. The molecule has 0 heterocycles. The van der Waals surface area contributed by atoms with Crippen molar-refractivity contribution < 1.29 is 4.39 Å². The Bertz CT molecular complexity index is 999. The summed E-state index contributed by atoms with van der Waals surface area (Å²) in [6.07, 6.45) is 3.32. The lowest BCUT2D eigenvalue weighted by Gasteiger charge is -2.32. The Morgan fingerprint density at radius 3 is 1.47 bits per heavy atom. The molecule has 0 aliphatic heterocycles. The van der Waals surface area contributed by atoms with E-state index in [4.69, 9.17) is 0 Å². The van der Waals surface area contributed by atoms with E-state index in [1.807, 2.05) is 0 Å². The molecule has 0 radical (unpaired) electrons. The molecular weight excluding hydrogens is 439 g/mol. The summed E-state index contributed by atoms with van der Waals surface area (Å²) in [4.78, 5) is 0. The molecule has 0 aliphatic carbocycles. The molecule has 0 aromatic heterocycles. The third-order valence-corrected chi connectivity index (χ3v) is 8.27. The van der Waals surface area contributed by atoms with Crippen LogP contribution in [-0.4, -0.2) is 0 Å². The smallest absolute Gasteiger partial charge is 0.130 e. The zero-order chi connectivity index (χ0) is 27.9. The molecule has 0 aliphatic rings. The summed E-state index contributed by atoms with van der Waals surface area (Å²) >= 11 is 0. The Morgan fingerprint density at radius 2 is 1.06 bits per heavy atom. The van der Waals surface area contributed by atoms with E-state index in [9.17, 15) is 0 Å². The maximum Gasteiger partial charge on any atom is 0.130 e. The third kappa shape index (κ3) is 7.23. The Kier molecular flexibility index (Phi) is 9.03. The Labute approximate surface area is 223 Å². The van der Waals surface area contributed by atoms with Gasteiger partial charge in [0.25, 0.3) is 0 Å². The van der Waals surface area contributed by atoms with Crippen LogP contribution >= 0.6 is 0 Å². The van der Waals surface area contributed by atoms with E-state index in [2.05, 4.69) is 127 Å². The minimum Gasteiger partial charge on any atom is -0.206 e. The van der Waals surface area contributed by atoms with Gasteiger partial charge in [-0.05, 0) is 86.1 Å². The van der Waals surface area contributed by atoms with Gasteiger partial charge in [0.15, 0.2) is 0 Å². The maximum absolute atomic E-state index is 15.6. The van der Waals surface area contributed by atoms with E-state index < -0.39 is 0 Å². The molecule has 0 spiro atoms. The van der Waals surface area contributed by atoms with Crippen LogP contribution in [-0.2, 0) is 21.7 Å². The van der Waals surface area contributed by atoms with Gasteiger partial charge < -0.3 is 0 Å². The molecule has 2 atom stereocenters. The first-order chi connectivity index (χ1) is 16.2. The highest BCUT2D eigenvalue weighted by Gasteiger charge is 2.29. The first kappa shape index (κ1) is 30.6. The second-order valence-electron chi connectivity index (χ2n) is 15.2. The summed E-state index contributed by atoms with van der Waals surface area (Å²) in [5.41, 5.74) is 7.04. The number of hydrogen-bond acceptors (Lipinski definition) is 0. The number of halogens is 1. The van der Waals surface area contributed by atoms with Crippen LogP contribution in [0.25, 0.3) is 0 Å². The molecule has 0 saturated heterocycles. The van der Waals surface area contributed by atoms with E-state index in [0.717, 1.165) is 30.4 Å². The van der Waals surface area contributed by atoms with E-state index in [0.29, 0.717) is 11.8 Å². The fourth-order valence-corrected chi connectivity index (χ4v) is 4.91. The van der Waals surface area contributed by atoms with Gasteiger partial charge in [-0.25, -0.2) is 4.39 Å². The van der Waals surface area contributed by atoms with Crippen LogP contribution in [0.5, 0.6) is 0 Å². The van der Waals surface area contributed by atoms with Crippen molar-refractivity contribution in [2.45, 2.75) is 150 Å². The molecular formula is C35H55F. The van der Waals surface area contributed by atoms with Crippen molar-refractivity contribution in [1.29, 1.82) is 0 Å². The lowest BCUT2D eigenvalue weighted by molar-refractivity contribution is 0.434. The molecule has 2 aromatic carbocycles. The first-order valence-electron chi connectivity index (χ1n) is 14.2. The van der Waals surface area contributed by atoms with E-state index in [1.54, 1.807) is 0 Å². The van der Waals surface area contributed by atoms with Crippen molar-refractivity contribution in [2.75, 3.05) is 0 Å². The van der Waals surface area contributed by atoms with Crippen LogP contribution in [0.3, 0.4) is 0 Å². The summed E-state index contributed by atoms with van der Waals surface area (Å²) in [5, 5.41) is 0. The van der Waals surface area contributed by atoms with Gasteiger partial charge in [0.1, 0.15) is 5.82 Å². The average molecular weight is 495 g/mol. The molecule has 36 heavy (non-hydrogen) atoms. The van der Waals surface area contributed by atoms with E-state index in [-0.39, 0.29) is 27.5 Å². The number of hydrogen-bond donors (Lipinski definition) is 0. The van der Waals surface area contributed by atoms with Gasteiger partial charge in [-0.2, -0.15) is 0 Å². The quantitative estimate of drug-likeness (QED) is 0.359. The molecule has 0 bridgehead atoms. The van der Waals surface area contributed by atoms with Gasteiger partial charge in [0.2, 0.25) is 0 Å². The van der Waals surface area contributed by atoms with Gasteiger partial charge in [-0.1, -0.05) is 127 Å². The molecule has 0 N–H and O–H groups in total. The van der Waals surface area contributed by atoms with Crippen molar-refractivity contribution in [3.63, 3.8) is 0 Å². The minimum atomic E-state index is -0.223. The lowest BCUT2D eigenvalue weighted by atomic mass is 9.73. The largest absolute Gasteiger partial charge is 0.206 e. The molecule has 0 fully saturated rings. The third-order valence-electron chi connectivity index (χ3n) is 8.27. The van der Waals surface area contributed by atoms with Gasteiger partial charge in [0.05, 0.1) is 0 Å². The molecule has 2 unspecified atom stereocenters. The van der Waals surface area contributed by atoms with Gasteiger partial charge in [-0.15, -0.1) is 0 Å². The van der Waals surface area contributed by atoms with E-state index >= 15 is 4.39 Å². The average Bonchev–Trinajstić information content (AvgIpc) is 2.74. The van der Waals surface area contributed by atoms with Crippen molar-refractivity contribution in [2.24, 2.45) is 0 Å². The van der Waals surface area contributed by atoms with Gasteiger partial charge in [0, 0.05) is 0 Å². The summed E-state index contributed by atoms with van der Waals surface area (Å²) in [5.74, 6) is 0.904. The summed E-state index contributed by atoms with van der Waals surface area (Å²) in [6, 6.07) is 11.6. The highest BCUT2D eigenvalue weighted by Crippen LogP contribution is 2.40. The normalized spacial score (nSPS) is 15.2. The van der Waals surface area contributed by atoms with Crippen LogP contribution in [0.15, 0.2) is 30.3 Å². The first-order valence-corrected chi connectivity index (χ1v) is 14.2. The molecule has 202 valence electrons.